The minimum atomic E-state index is -2.87. The molecule has 0 aliphatic carbocycles. The van der Waals surface area contributed by atoms with E-state index in [-0.39, 0.29) is 36.9 Å². The van der Waals surface area contributed by atoms with E-state index in [9.17, 15) is 24.0 Å². The number of methoxy groups -OCH3 is 4. The Morgan fingerprint density at radius 2 is 1.13 bits per heavy atom. The number of ether oxygens (including phenoxy) is 9. The Hall–Kier alpha value is -5.61. The van der Waals surface area contributed by atoms with Gasteiger partial charge in [-0.15, -0.1) is 0 Å². The summed E-state index contributed by atoms with van der Waals surface area (Å²) in [7, 11) is 5.71. The number of rotatable bonds is 9. The molecular formula is C31H30N2O14. The zero-order valence-corrected chi connectivity index (χ0v) is 25.7. The van der Waals surface area contributed by atoms with Crippen LogP contribution >= 0.6 is 0 Å². The summed E-state index contributed by atoms with van der Waals surface area (Å²) in [6.45, 7) is -1.25. The van der Waals surface area contributed by atoms with Gasteiger partial charge in [0.05, 0.1) is 28.4 Å². The third-order valence-corrected chi connectivity index (χ3v) is 7.30. The number of carbonyl (C=O) groups excluding carboxylic acids is 5. The third-order valence-electron chi connectivity index (χ3n) is 7.30. The average Bonchev–Trinajstić information content (AvgIpc) is 3.31. The summed E-state index contributed by atoms with van der Waals surface area (Å²) in [5.41, 5.74) is 0.403. The highest BCUT2D eigenvalue weighted by atomic mass is 16.8. The molecule has 0 saturated carbocycles. The van der Waals surface area contributed by atoms with Crippen molar-refractivity contribution < 1.29 is 66.6 Å². The van der Waals surface area contributed by atoms with Gasteiger partial charge in [-0.25, -0.2) is 29.0 Å². The monoisotopic (exact) mass is 654 g/mol. The van der Waals surface area contributed by atoms with E-state index in [1.165, 1.54) is 45.5 Å². The van der Waals surface area contributed by atoms with Crippen molar-refractivity contribution in [1.29, 1.82) is 0 Å². The standard InChI is InChI=1S/C31H30N2O14/c1-39-20-6-8-21(9-7-20)43-27(38)18-33-16-15-32(17-19-5-10-22(40-2)29(42-4)28(19)41-3)30(44-23(34)11-12-24(35)45-30)31(33)46-25(36)13-14-26(37)47-31/h5-14H,15-18H2,1-4H3. The highest BCUT2D eigenvalue weighted by Gasteiger charge is 2.75. The Morgan fingerprint density at radius 1 is 0.638 bits per heavy atom. The van der Waals surface area contributed by atoms with Crippen molar-refractivity contribution in [1.82, 2.24) is 9.80 Å². The summed E-state index contributed by atoms with van der Waals surface area (Å²) >= 11 is 0. The fourth-order valence-electron chi connectivity index (χ4n) is 5.27. The van der Waals surface area contributed by atoms with Crippen LogP contribution in [0.1, 0.15) is 5.56 Å². The van der Waals surface area contributed by atoms with Crippen LogP contribution in [0.3, 0.4) is 0 Å². The number of benzene rings is 2. The second kappa shape index (κ2) is 13.4. The summed E-state index contributed by atoms with van der Waals surface area (Å²) in [5.74, 6) is -9.67. The molecule has 0 unspecified atom stereocenters. The van der Waals surface area contributed by atoms with Crippen molar-refractivity contribution in [3.8, 4) is 28.7 Å². The van der Waals surface area contributed by atoms with Gasteiger partial charge in [-0.2, -0.15) is 0 Å². The highest BCUT2D eigenvalue weighted by molar-refractivity contribution is 5.95. The van der Waals surface area contributed by atoms with Gasteiger partial charge >= 0.3 is 41.7 Å². The van der Waals surface area contributed by atoms with E-state index in [1.807, 2.05) is 0 Å². The topological polar surface area (TPSA) is 175 Å². The van der Waals surface area contributed by atoms with Crippen LogP contribution in [0.5, 0.6) is 28.7 Å². The molecule has 3 aliphatic rings. The lowest BCUT2D eigenvalue weighted by Gasteiger charge is -2.55. The molecule has 0 N–H and O–H groups in total. The van der Waals surface area contributed by atoms with E-state index in [2.05, 4.69) is 0 Å². The number of carbonyl (C=O) groups is 5. The van der Waals surface area contributed by atoms with Crippen molar-refractivity contribution in [2.24, 2.45) is 0 Å². The summed E-state index contributed by atoms with van der Waals surface area (Å²) in [6.07, 6.45) is 3.12. The first-order chi connectivity index (χ1) is 22.6. The molecule has 0 bridgehead atoms. The van der Waals surface area contributed by atoms with Gasteiger partial charge in [0, 0.05) is 49.5 Å². The van der Waals surface area contributed by atoms with E-state index >= 15 is 0 Å². The maximum Gasteiger partial charge on any atom is 0.420 e. The Morgan fingerprint density at radius 3 is 1.62 bits per heavy atom. The van der Waals surface area contributed by atoms with Crippen LogP contribution in [-0.4, -0.2) is 99.5 Å². The molecule has 0 radical (unpaired) electrons. The van der Waals surface area contributed by atoms with E-state index in [0.29, 0.717) is 17.1 Å². The van der Waals surface area contributed by atoms with Crippen LogP contribution in [0.4, 0.5) is 0 Å². The molecule has 5 rings (SSSR count). The van der Waals surface area contributed by atoms with Crippen LogP contribution in [0, 0.1) is 0 Å². The molecular weight excluding hydrogens is 624 g/mol. The van der Waals surface area contributed by atoms with Crippen molar-refractivity contribution >= 4 is 29.8 Å². The summed E-state index contributed by atoms with van der Waals surface area (Å²) < 4.78 is 49.9. The molecule has 2 aromatic rings. The molecule has 248 valence electrons. The minimum absolute atomic E-state index is 0.127. The maximum atomic E-state index is 13.3. The second-order valence-corrected chi connectivity index (χ2v) is 10.0. The molecule has 16 heteroatoms. The van der Waals surface area contributed by atoms with Crippen LogP contribution in [0.25, 0.3) is 0 Å². The van der Waals surface area contributed by atoms with E-state index in [1.54, 1.807) is 24.3 Å². The normalized spacial score (nSPS) is 18.7. The van der Waals surface area contributed by atoms with Gasteiger partial charge in [-0.1, -0.05) is 6.07 Å². The lowest BCUT2D eigenvalue weighted by molar-refractivity contribution is -0.463. The second-order valence-electron chi connectivity index (χ2n) is 10.0. The molecule has 1 fully saturated rings. The molecule has 0 atom stereocenters. The van der Waals surface area contributed by atoms with Crippen LogP contribution in [-0.2, 0) is 49.5 Å². The fourth-order valence-corrected chi connectivity index (χ4v) is 5.27. The van der Waals surface area contributed by atoms with Crippen molar-refractivity contribution in [2.75, 3.05) is 48.1 Å². The van der Waals surface area contributed by atoms with Crippen molar-refractivity contribution in [2.45, 2.75) is 18.4 Å². The molecule has 16 nitrogen and oxygen atoms in total. The summed E-state index contributed by atoms with van der Waals surface area (Å²) in [5, 5.41) is 0. The van der Waals surface area contributed by atoms with Gasteiger partial charge in [0.1, 0.15) is 18.0 Å². The van der Waals surface area contributed by atoms with E-state index < -0.39 is 48.2 Å². The number of fused-ring (bicyclic) bond motifs is 1. The smallest absolute Gasteiger partial charge is 0.420 e. The first-order valence-electron chi connectivity index (χ1n) is 14.0. The molecule has 2 aromatic carbocycles. The largest absolute Gasteiger partial charge is 0.497 e. The first kappa shape index (κ1) is 32.8. The number of piperazine rings is 1. The lowest BCUT2D eigenvalue weighted by Crippen LogP contribution is -2.80. The molecule has 3 aliphatic heterocycles. The Kier molecular flexibility index (Phi) is 9.34. The quantitative estimate of drug-likeness (QED) is 0.277. The number of esters is 5. The number of hydrogen-bond donors (Lipinski definition) is 0. The number of nitrogens with zero attached hydrogens (tertiary/aromatic N) is 2. The predicted octanol–water partition coefficient (Wildman–Crippen LogP) is 1.06. The highest BCUT2D eigenvalue weighted by Crippen LogP contribution is 2.47. The van der Waals surface area contributed by atoms with Crippen molar-refractivity contribution in [3.63, 3.8) is 0 Å². The Balaban J connectivity index is 1.61. The summed E-state index contributed by atoms with van der Waals surface area (Å²) in [4.78, 5) is 67.8. The molecule has 2 spiro atoms. The van der Waals surface area contributed by atoms with E-state index in [4.69, 9.17) is 42.6 Å². The Labute approximate surface area is 267 Å². The van der Waals surface area contributed by atoms with Crippen LogP contribution in [0.15, 0.2) is 60.7 Å². The fraction of sp³-hybridized carbons (Fsp3) is 0.323. The predicted molar refractivity (Wildman–Crippen MR) is 155 cm³/mol. The van der Waals surface area contributed by atoms with Gasteiger partial charge < -0.3 is 42.6 Å². The first-order valence-corrected chi connectivity index (χ1v) is 14.0. The van der Waals surface area contributed by atoms with Gasteiger partial charge in [0.25, 0.3) is 0 Å². The lowest BCUT2D eigenvalue weighted by atomic mass is 10.1. The zero-order chi connectivity index (χ0) is 33.8. The SMILES string of the molecule is COc1ccc(OC(=O)CN2CCN(Cc3ccc(OC)c(OC)c3OC)C3(OC(=O)C=CC(=O)O3)C23OC(=O)C=CC(=O)O3)cc1. The average molecular weight is 655 g/mol. The number of hydrogen-bond acceptors (Lipinski definition) is 16. The Bertz CT molecular complexity index is 1590. The molecule has 47 heavy (non-hydrogen) atoms. The zero-order valence-electron chi connectivity index (χ0n) is 25.7. The maximum absolute atomic E-state index is 13.3. The van der Waals surface area contributed by atoms with Gasteiger partial charge in [0.2, 0.25) is 5.75 Å². The summed E-state index contributed by atoms with van der Waals surface area (Å²) in [6, 6.07) is 9.31. The third kappa shape index (κ3) is 6.28. The van der Waals surface area contributed by atoms with Crippen molar-refractivity contribution in [3.05, 3.63) is 66.3 Å². The minimum Gasteiger partial charge on any atom is -0.497 e. The van der Waals surface area contributed by atoms with Crippen LogP contribution in [0.2, 0.25) is 0 Å². The molecule has 0 amide bonds. The van der Waals surface area contributed by atoms with Crippen LogP contribution < -0.4 is 23.7 Å². The van der Waals surface area contributed by atoms with Gasteiger partial charge in [-0.05, 0) is 30.3 Å². The molecule has 0 aromatic heterocycles. The van der Waals surface area contributed by atoms with Gasteiger partial charge in [-0.3, -0.25) is 4.79 Å². The molecule has 1 saturated heterocycles. The van der Waals surface area contributed by atoms with E-state index in [0.717, 1.165) is 29.2 Å². The van der Waals surface area contributed by atoms with Gasteiger partial charge in [0.15, 0.2) is 11.5 Å². The molecule has 3 heterocycles.